The van der Waals surface area contributed by atoms with Crippen LogP contribution in [0.2, 0.25) is 0 Å². The van der Waals surface area contributed by atoms with Crippen LogP contribution in [-0.4, -0.2) is 40.8 Å². The maximum Gasteiger partial charge on any atom is 0.305 e. The number of methoxy groups -OCH3 is 1. The Hall–Kier alpha value is -1.20. The molecule has 0 aromatic heterocycles. The molecule has 0 heterocycles. The quantitative estimate of drug-likeness (QED) is 0.259. The second-order valence-electron chi connectivity index (χ2n) is 8.54. The molecule has 162 valence electrons. The van der Waals surface area contributed by atoms with E-state index in [0.29, 0.717) is 12.8 Å². The standard InChI is InChI=1S/C23H40O5/c1-4-5-10-15-23(2,27)16-11-13-19-18(20(24)17-21(19)25)12-8-6-7-9-14-22(26)28-3/h11,13,18-19,21,25,27H,4-10,12,14-17H2,1-3H3/b13-11+/t18-,19-,21-,23?/m1/s1. The summed E-state index contributed by atoms with van der Waals surface area (Å²) < 4.78 is 4.63. The van der Waals surface area contributed by atoms with Gasteiger partial charge in [0, 0.05) is 24.7 Å². The summed E-state index contributed by atoms with van der Waals surface area (Å²) in [6, 6.07) is 0. The minimum Gasteiger partial charge on any atom is -0.469 e. The predicted octanol–water partition coefficient (Wildman–Crippen LogP) is 4.34. The lowest BCUT2D eigenvalue weighted by molar-refractivity contribution is -0.140. The molecule has 1 aliphatic carbocycles. The molecule has 0 aromatic rings. The van der Waals surface area contributed by atoms with Crippen LogP contribution in [-0.2, 0) is 14.3 Å². The first-order chi connectivity index (χ1) is 13.3. The lowest BCUT2D eigenvalue weighted by atomic mass is 9.87. The van der Waals surface area contributed by atoms with Gasteiger partial charge in [-0.25, -0.2) is 0 Å². The van der Waals surface area contributed by atoms with Gasteiger partial charge in [-0.2, -0.15) is 0 Å². The van der Waals surface area contributed by atoms with Crippen molar-refractivity contribution in [3.8, 4) is 0 Å². The van der Waals surface area contributed by atoms with Crippen LogP contribution >= 0.6 is 0 Å². The predicted molar refractivity (Wildman–Crippen MR) is 111 cm³/mol. The molecule has 28 heavy (non-hydrogen) atoms. The summed E-state index contributed by atoms with van der Waals surface area (Å²) in [7, 11) is 1.40. The number of Topliss-reactive ketones (excluding diaryl/α,β-unsaturated/α-hetero) is 1. The number of esters is 1. The van der Waals surface area contributed by atoms with Gasteiger partial charge in [-0.05, 0) is 32.6 Å². The van der Waals surface area contributed by atoms with E-state index in [9.17, 15) is 19.8 Å². The SMILES string of the molecule is CCCCCC(C)(O)C/C=C/[C@H]1[C@H](O)CC(=O)[C@@H]1CCCCCCC(=O)OC. The molecule has 1 aliphatic rings. The normalized spacial score (nSPS) is 24.6. The zero-order valence-electron chi connectivity index (χ0n) is 18.0. The van der Waals surface area contributed by atoms with Crippen molar-refractivity contribution in [1.82, 2.24) is 0 Å². The second-order valence-corrected chi connectivity index (χ2v) is 8.54. The molecule has 0 aromatic carbocycles. The largest absolute Gasteiger partial charge is 0.469 e. The molecule has 1 rings (SSSR count). The lowest BCUT2D eigenvalue weighted by Gasteiger charge is -2.22. The first-order valence-electron chi connectivity index (χ1n) is 11.0. The fraction of sp³-hybridized carbons (Fsp3) is 0.826. The molecule has 0 amide bonds. The first-order valence-corrected chi connectivity index (χ1v) is 11.0. The Bertz CT molecular complexity index is 497. The van der Waals surface area contributed by atoms with Crippen molar-refractivity contribution >= 4 is 11.8 Å². The summed E-state index contributed by atoms with van der Waals surface area (Å²) in [5.41, 5.74) is -0.728. The highest BCUT2D eigenvalue weighted by Crippen LogP contribution is 2.34. The molecule has 1 fully saturated rings. The second kappa shape index (κ2) is 13.1. The molecule has 5 nitrogen and oxygen atoms in total. The molecular weight excluding hydrogens is 356 g/mol. The zero-order valence-corrected chi connectivity index (χ0v) is 18.0. The number of hydrogen-bond acceptors (Lipinski definition) is 5. The highest BCUT2D eigenvalue weighted by atomic mass is 16.5. The third-order valence-electron chi connectivity index (χ3n) is 5.84. The van der Waals surface area contributed by atoms with Gasteiger partial charge in [0.1, 0.15) is 5.78 Å². The van der Waals surface area contributed by atoms with E-state index >= 15 is 0 Å². The van der Waals surface area contributed by atoms with E-state index in [-0.39, 0.29) is 30.0 Å². The van der Waals surface area contributed by atoms with Crippen molar-refractivity contribution in [2.24, 2.45) is 11.8 Å². The molecule has 4 atom stereocenters. The van der Waals surface area contributed by atoms with E-state index < -0.39 is 11.7 Å². The van der Waals surface area contributed by atoms with E-state index in [1.54, 1.807) is 0 Å². The molecule has 5 heteroatoms. The highest BCUT2D eigenvalue weighted by Gasteiger charge is 2.39. The van der Waals surface area contributed by atoms with Gasteiger partial charge in [-0.15, -0.1) is 0 Å². The molecule has 0 radical (unpaired) electrons. The molecule has 0 bridgehead atoms. The Kier molecular flexibility index (Phi) is 11.6. The Morgan fingerprint density at radius 3 is 2.61 bits per heavy atom. The summed E-state index contributed by atoms with van der Waals surface area (Å²) in [6.07, 6.45) is 13.0. The number of rotatable bonds is 14. The third kappa shape index (κ3) is 9.33. The van der Waals surface area contributed by atoms with Gasteiger partial charge in [0.2, 0.25) is 0 Å². The number of hydrogen-bond donors (Lipinski definition) is 2. The van der Waals surface area contributed by atoms with Crippen LogP contribution in [0.4, 0.5) is 0 Å². The van der Waals surface area contributed by atoms with Crippen LogP contribution in [0.1, 0.15) is 90.9 Å². The van der Waals surface area contributed by atoms with Crippen molar-refractivity contribution in [3.63, 3.8) is 0 Å². The molecule has 0 spiro atoms. The van der Waals surface area contributed by atoms with Gasteiger partial charge in [-0.1, -0.05) is 57.6 Å². The summed E-state index contributed by atoms with van der Waals surface area (Å²) in [6.45, 7) is 4.00. The van der Waals surface area contributed by atoms with Crippen LogP contribution in [0.25, 0.3) is 0 Å². The van der Waals surface area contributed by atoms with E-state index in [2.05, 4.69) is 11.7 Å². The monoisotopic (exact) mass is 396 g/mol. The van der Waals surface area contributed by atoms with E-state index in [4.69, 9.17) is 0 Å². The van der Waals surface area contributed by atoms with E-state index in [1.165, 1.54) is 7.11 Å². The number of ketones is 1. The Morgan fingerprint density at radius 2 is 1.93 bits per heavy atom. The molecule has 0 saturated heterocycles. The number of carbonyl (C=O) groups is 2. The van der Waals surface area contributed by atoms with Crippen LogP contribution in [0, 0.1) is 11.8 Å². The van der Waals surface area contributed by atoms with Crippen LogP contribution < -0.4 is 0 Å². The average Bonchev–Trinajstić information content (AvgIpc) is 2.91. The maximum absolute atomic E-state index is 12.3. The molecular formula is C23H40O5. The summed E-state index contributed by atoms with van der Waals surface area (Å²) in [5.74, 6) is -0.304. The number of carbonyl (C=O) groups excluding carboxylic acids is 2. The van der Waals surface area contributed by atoms with Gasteiger partial charge < -0.3 is 14.9 Å². The van der Waals surface area contributed by atoms with Crippen molar-refractivity contribution in [3.05, 3.63) is 12.2 Å². The lowest BCUT2D eigenvalue weighted by Crippen LogP contribution is -2.23. The number of aliphatic hydroxyl groups is 2. The molecule has 0 aliphatic heterocycles. The minimum absolute atomic E-state index is 0.128. The van der Waals surface area contributed by atoms with Crippen molar-refractivity contribution in [2.75, 3.05) is 7.11 Å². The smallest absolute Gasteiger partial charge is 0.305 e. The van der Waals surface area contributed by atoms with Gasteiger partial charge in [0.05, 0.1) is 18.8 Å². The number of unbranched alkanes of at least 4 members (excludes halogenated alkanes) is 5. The zero-order chi connectivity index (χ0) is 21.0. The van der Waals surface area contributed by atoms with Gasteiger partial charge in [0.15, 0.2) is 0 Å². The Morgan fingerprint density at radius 1 is 1.21 bits per heavy atom. The van der Waals surface area contributed by atoms with Crippen molar-refractivity contribution in [1.29, 1.82) is 0 Å². The fourth-order valence-corrected chi connectivity index (χ4v) is 4.02. The van der Waals surface area contributed by atoms with Crippen molar-refractivity contribution < 1.29 is 24.5 Å². The number of aliphatic hydroxyl groups excluding tert-OH is 1. The van der Waals surface area contributed by atoms with Crippen LogP contribution in [0.5, 0.6) is 0 Å². The molecule has 1 saturated carbocycles. The van der Waals surface area contributed by atoms with Gasteiger partial charge >= 0.3 is 5.97 Å². The third-order valence-corrected chi connectivity index (χ3v) is 5.84. The topological polar surface area (TPSA) is 83.8 Å². The first kappa shape index (κ1) is 24.8. The van der Waals surface area contributed by atoms with Crippen LogP contribution in [0.15, 0.2) is 12.2 Å². The van der Waals surface area contributed by atoms with Crippen molar-refractivity contribution in [2.45, 2.75) is 103 Å². The average molecular weight is 397 g/mol. The Balaban J connectivity index is 2.41. The Labute approximate surface area is 170 Å². The summed E-state index contributed by atoms with van der Waals surface area (Å²) in [5, 5.41) is 20.7. The number of ether oxygens (including phenoxy) is 1. The highest BCUT2D eigenvalue weighted by molar-refractivity contribution is 5.84. The summed E-state index contributed by atoms with van der Waals surface area (Å²) >= 11 is 0. The maximum atomic E-state index is 12.3. The molecule has 2 N–H and O–H groups in total. The summed E-state index contributed by atoms with van der Waals surface area (Å²) in [4.78, 5) is 23.4. The fourth-order valence-electron chi connectivity index (χ4n) is 4.02. The van der Waals surface area contributed by atoms with Gasteiger partial charge in [-0.3, -0.25) is 9.59 Å². The van der Waals surface area contributed by atoms with Gasteiger partial charge in [0.25, 0.3) is 0 Å². The van der Waals surface area contributed by atoms with E-state index in [0.717, 1.165) is 57.8 Å². The van der Waals surface area contributed by atoms with Crippen LogP contribution in [0.3, 0.4) is 0 Å². The molecule has 1 unspecified atom stereocenters. The van der Waals surface area contributed by atoms with E-state index in [1.807, 2.05) is 19.1 Å². The minimum atomic E-state index is -0.728.